The normalized spacial score (nSPS) is 31.1. The lowest BCUT2D eigenvalue weighted by molar-refractivity contribution is -0.0291. The number of ether oxygens (including phenoxy) is 1. The van der Waals surface area contributed by atoms with Crippen LogP contribution in [0.3, 0.4) is 0 Å². The third-order valence-corrected chi connectivity index (χ3v) is 3.43. The van der Waals surface area contributed by atoms with Crippen LogP contribution in [0.2, 0.25) is 0 Å². The van der Waals surface area contributed by atoms with E-state index in [2.05, 4.69) is 15.0 Å². The number of aromatic amines is 1. The molecule has 0 saturated carbocycles. The van der Waals surface area contributed by atoms with Crippen molar-refractivity contribution in [3.63, 3.8) is 0 Å². The highest BCUT2D eigenvalue weighted by Gasteiger charge is 2.43. The lowest BCUT2D eigenvalue weighted by atomic mass is 10.1. The molecule has 0 bridgehead atoms. The van der Waals surface area contributed by atoms with Crippen molar-refractivity contribution < 1.29 is 14.9 Å². The van der Waals surface area contributed by atoms with Crippen molar-refractivity contribution in [2.75, 3.05) is 5.88 Å². The fraction of sp³-hybridized carbons (Fsp3) is 0.500. The quantitative estimate of drug-likeness (QED) is 0.609. The zero-order valence-electron chi connectivity index (χ0n) is 9.60. The summed E-state index contributed by atoms with van der Waals surface area (Å²) in [5.74, 6) is 0.0510. The summed E-state index contributed by atoms with van der Waals surface area (Å²) in [6.45, 7) is 0. The van der Waals surface area contributed by atoms with E-state index >= 15 is 0 Å². The molecule has 102 valence electrons. The molecule has 0 unspecified atom stereocenters. The highest BCUT2D eigenvalue weighted by atomic mass is 35.5. The Morgan fingerprint density at radius 1 is 1.42 bits per heavy atom. The predicted octanol–water partition coefficient (Wildman–Crippen LogP) is -1.02. The molecule has 4 atom stereocenters. The molecule has 0 radical (unpaired) electrons. The van der Waals surface area contributed by atoms with Crippen LogP contribution in [0.4, 0.5) is 0 Å². The predicted molar refractivity (Wildman–Crippen MR) is 64.8 cm³/mol. The largest absolute Gasteiger partial charge is 0.387 e. The number of halogens is 1. The van der Waals surface area contributed by atoms with Crippen molar-refractivity contribution in [1.29, 1.82) is 0 Å². The molecule has 3 heterocycles. The summed E-state index contributed by atoms with van der Waals surface area (Å²) in [6, 6.07) is 0. The van der Waals surface area contributed by atoms with Crippen LogP contribution in [0.25, 0.3) is 11.2 Å². The van der Waals surface area contributed by atoms with Crippen LogP contribution in [-0.4, -0.2) is 53.9 Å². The molecule has 1 aliphatic heterocycles. The molecule has 2 aromatic rings. The van der Waals surface area contributed by atoms with Gasteiger partial charge in [0.05, 0.1) is 18.5 Å². The van der Waals surface area contributed by atoms with E-state index in [1.165, 1.54) is 17.2 Å². The molecule has 9 heteroatoms. The van der Waals surface area contributed by atoms with Crippen LogP contribution in [0.15, 0.2) is 17.4 Å². The van der Waals surface area contributed by atoms with Gasteiger partial charge in [-0.15, -0.1) is 11.6 Å². The summed E-state index contributed by atoms with van der Waals surface area (Å²) in [6.07, 6.45) is -1.24. The maximum atomic E-state index is 11.5. The zero-order chi connectivity index (χ0) is 13.6. The fourth-order valence-electron chi connectivity index (χ4n) is 2.14. The SMILES string of the molecule is O=c1[nH]cnc2c1ncn2[C@H]1O[C@H](CCl)[C@H](O)[C@@H]1O. The standard InChI is InChI=1S/C10H11ClN4O4/c11-1-4-6(16)7(17)10(19-4)15-3-14-5-8(15)12-2-13-9(5)18/h2-4,6-7,10,16-17H,1H2,(H,12,13,18)/t4-,6+,7+,10+/m1/s1. The Bertz CT molecular complexity index is 656. The monoisotopic (exact) mass is 286 g/mol. The number of alkyl halides is 1. The van der Waals surface area contributed by atoms with Crippen LogP contribution >= 0.6 is 11.6 Å². The molecule has 0 aliphatic carbocycles. The Morgan fingerprint density at radius 2 is 2.21 bits per heavy atom. The fourth-order valence-corrected chi connectivity index (χ4v) is 2.39. The molecule has 19 heavy (non-hydrogen) atoms. The number of nitrogens with zero attached hydrogens (tertiary/aromatic N) is 3. The number of imidazole rings is 1. The topological polar surface area (TPSA) is 113 Å². The minimum Gasteiger partial charge on any atom is -0.387 e. The second kappa shape index (κ2) is 4.57. The van der Waals surface area contributed by atoms with E-state index in [4.69, 9.17) is 16.3 Å². The number of rotatable bonds is 2. The molecule has 1 saturated heterocycles. The molecule has 8 nitrogen and oxygen atoms in total. The second-order valence-corrected chi connectivity index (χ2v) is 4.56. The van der Waals surface area contributed by atoms with Gasteiger partial charge in [-0.2, -0.15) is 0 Å². The summed E-state index contributed by atoms with van der Waals surface area (Å²) in [4.78, 5) is 21.9. The van der Waals surface area contributed by atoms with Crippen molar-refractivity contribution in [3.05, 3.63) is 23.0 Å². The lowest BCUT2D eigenvalue weighted by Gasteiger charge is -2.16. The van der Waals surface area contributed by atoms with Gasteiger partial charge in [0.25, 0.3) is 5.56 Å². The average Bonchev–Trinajstić information content (AvgIpc) is 2.94. The first kappa shape index (κ1) is 12.5. The zero-order valence-corrected chi connectivity index (χ0v) is 10.4. The van der Waals surface area contributed by atoms with Crippen LogP contribution in [0.5, 0.6) is 0 Å². The van der Waals surface area contributed by atoms with Gasteiger partial charge in [-0.05, 0) is 0 Å². The van der Waals surface area contributed by atoms with Crippen LogP contribution < -0.4 is 5.56 Å². The second-order valence-electron chi connectivity index (χ2n) is 4.26. The average molecular weight is 287 g/mol. The Morgan fingerprint density at radius 3 is 2.89 bits per heavy atom. The van der Waals surface area contributed by atoms with Gasteiger partial charge in [0.2, 0.25) is 0 Å². The van der Waals surface area contributed by atoms with E-state index < -0.39 is 24.5 Å². The van der Waals surface area contributed by atoms with Crippen molar-refractivity contribution in [3.8, 4) is 0 Å². The molecule has 3 N–H and O–H groups in total. The van der Waals surface area contributed by atoms with Crippen LogP contribution in [0, 0.1) is 0 Å². The molecular weight excluding hydrogens is 276 g/mol. The summed E-state index contributed by atoms with van der Waals surface area (Å²) in [7, 11) is 0. The van der Waals surface area contributed by atoms with E-state index in [0.29, 0.717) is 0 Å². The molecular formula is C10H11ClN4O4. The highest BCUT2D eigenvalue weighted by Crippen LogP contribution is 2.31. The summed E-state index contributed by atoms with van der Waals surface area (Å²) >= 11 is 5.65. The highest BCUT2D eigenvalue weighted by molar-refractivity contribution is 6.18. The Labute approximate surface area is 111 Å². The number of nitrogens with one attached hydrogen (secondary N) is 1. The van der Waals surface area contributed by atoms with E-state index in [1.807, 2.05) is 0 Å². The van der Waals surface area contributed by atoms with Gasteiger partial charge < -0.3 is 19.9 Å². The van der Waals surface area contributed by atoms with E-state index in [1.54, 1.807) is 0 Å². The minimum atomic E-state index is -1.16. The van der Waals surface area contributed by atoms with E-state index in [0.717, 1.165) is 0 Å². The molecule has 0 aromatic carbocycles. The van der Waals surface area contributed by atoms with Crippen molar-refractivity contribution >= 4 is 22.8 Å². The molecule has 0 amide bonds. The Balaban J connectivity index is 2.06. The molecule has 2 aromatic heterocycles. The maximum Gasteiger partial charge on any atom is 0.278 e. The van der Waals surface area contributed by atoms with Crippen molar-refractivity contribution in [2.45, 2.75) is 24.5 Å². The molecule has 0 spiro atoms. The number of aliphatic hydroxyl groups is 2. The van der Waals surface area contributed by atoms with Crippen LogP contribution in [0.1, 0.15) is 6.23 Å². The smallest absolute Gasteiger partial charge is 0.278 e. The number of hydrogen-bond donors (Lipinski definition) is 3. The number of hydrogen-bond acceptors (Lipinski definition) is 6. The van der Waals surface area contributed by atoms with Gasteiger partial charge >= 0.3 is 0 Å². The van der Waals surface area contributed by atoms with E-state index in [-0.39, 0.29) is 22.6 Å². The Kier molecular flexibility index (Phi) is 3.02. The van der Waals surface area contributed by atoms with Gasteiger partial charge in [0.1, 0.15) is 18.3 Å². The van der Waals surface area contributed by atoms with Gasteiger partial charge in [-0.1, -0.05) is 0 Å². The first-order valence-corrected chi connectivity index (χ1v) is 6.14. The van der Waals surface area contributed by atoms with Gasteiger partial charge in [-0.3, -0.25) is 9.36 Å². The summed E-state index contributed by atoms with van der Waals surface area (Å²) < 4.78 is 6.87. The third-order valence-electron chi connectivity index (χ3n) is 3.13. The van der Waals surface area contributed by atoms with Gasteiger partial charge in [0, 0.05) is 0 Å². The number of H-pyrrole nitrogens is 1. The van der Waals surface area contributed by atoms with Crippen molar-refractivity contribution in [1.82, 2.24) is 19.5 Å². The lowest BCUT2D eigenvalue weighted by Crippen LogP contribution is -2.32. The summed E-state index contributed by atoms with van der Waals surface area (Å²) in [5, 5.41) is 19.7. The minimum absolute atomic E-state index is 0.0510. The summed E-state index contributed by atoms with van der Waals surface area (Å²) in [5.41, 5.74) is 0.0306. The van der Waals surface area contributed by atoms with Crippen molar-refractivity contribution in [2.24, 2.45) is 0 Å². The molecule has 1 fully saturated rings. The van der Waals surface area contributed by atoms with Crippen LogP contribution in [-0.2, 0) is 4.74 Å². The van der Waals surface area contributed by atoms with Gasteiger partial charge in [0.15, 0.2) is 17.4 Å². The van der Waals surface area contributed by atoms with E-state index in [9.17, 15) is 15.0 Å². The maximum absolute atomic E-state index is 11.5. The third kappa shape index (κ3) is 1.84. The molecule has 3 rings (SSSR count). The number of aromatic nitrogens is 4. The first-order chi connectivity index (χ1) is 9.13. The Hall–Kier alpha value is -1.48. The number of aliphatic hydroxyl groups excluding tert-OH is 2. The first-order valence-electron chi connectivity index (χ1n) is 5.61. The number of fused-ring (bicyclic) bond motifs is 1. The molecule has 1 aliphatic rings. The van der Waals surface area contributed by atoms with Gasteiger partial charge in [-0.25, -0.2) is 9.97 Å².